The molecule has 0 saturated carbocycles. The molecule has 0 spiro atoms. The summed E-state index contributed by atoms with van der Waals surface area (Å²) < 4.78 is 5.40. The lowest BCUT2D eigenvalue weighted by Crippen LogP contribution is -2.20. The highest BCUT2D eigenvalue weighted by Gasteiger charge is 2.25. The Bertz CT molecular complexity index is 287. The van der Waals surface area contributed by atoms with E-state index in [1.165, 1.54) is 5.56 Å². The molecule has 0 fully saturated rings. The second-order valence-corrected chi connectivity index (χ2v) is 3.97. The second kappa shape index (κ2) is 4.50. The molecule has 1 rings (SSSR count). The molecule has 0 radical (unpaired) electrons. The zero-order valence-electron chi connectivity index (χ0n) is 9.63. The Hall–Kier alpha value is -0.980. The van der Waals surface area contributed by atoms with Crippen molar-refractivity contribution in [3.05, 3.63) is 29.8 Å². The molecule has 14 heavy (non-hydrogen) atoms. The van der Waals surface area contributed by atoms with Gasteiger partial charge >= 0.3 is 0 Å². The third-order valence-electron chi connectivity index (χ3n) is 3.32. The quantitative estimate of drug-likeness (QED) is 0.705. The van der Waals surface area contributed by atoms with Gasteiger partial charge in [-0.1, -0.05) is 39.0 Å². The van der Waals surface area contributed by atoms with Gasteiger partial charge in [0.25, 0.3) is 0 Å². The minimum absolute atomic E-state index is 0.243. The SMILES string of the molecule is CCC(C)(CC)c1ccccc1OC. The molecule has 0 aromatic heterocycles. The number of para-hydroxylation sites is 1. The lowest BCUT2D eigenvalue weighted by atomic mass is 9.77. The molecule has 1 nitrogen and oxygen atoms in total. The van der Waals surface area contributed by atoms with Crippen LogP contribution in [0.3, 0.4) is 0 Å². The molecule has 0 amide bonds. The number of methoxy groups -OCH3 is 1. The summed E-state index contributed by atoms with van der Waals surface area (Å²) in [7, 11) is 1.74. The third-order valence-corrected chi connectivity index (χ3v) is 3.32. The first-order chi connectivity index (χ1) is 6.68. The summed E-state index contributed by atoms with van der Waals surface area (Å²) in [6.45, 7) is 6.76. The topological polar surface area (TPSA) is 9.23 Å². The first-order valence-electron chi connectivity index (χ1n) is 5.31. The van der Waals surface area contributed by atoms with E-state index in [-0.39, 0.29) is 5.41 Å². The molecule has 0 aliphatic rings. The van der Waals surface area contributed by atoms with Crippen LogP contribution in [-0.2, 0) is 5.41 Å². The van der Waals surface area contributed by atoms with E-state index >= 15 is 0 Å². The third kappa shape index (κ3) is 1.92. The molecule has 1 aromatic carbocycles. The van der Waals surface area contributed by atoms with E-state index in [9.17, 15) is 0 Å². The molecule has 0 saturated heterocycles. The normalized spacial score (nSPS) is 11.4. The molecule has 0 unspecified atom stereocenters. The maximum absolute atomic E-state index is 5.40. The number of hydrogen-bond donors (Lipinski definition) is 0. The van der Waals surface area contributed by atoms with Crippen molar-refractivity contribution in [2.75, 3.05) is 7.11 Å². The van der Waals surface area contributed by atoms with Crippen LogP contribution in [0.2, 0.25) is 0 Å². The molecule has 0 N–H and O–H groups in total. The smallest absolute Gasteiger partial charge is 0.122 e. The largest absolute Gasteiger partial charge is 0.496 e. The Morgan fingerprint density at radius 3 is 2.21 bits per heavy atom. The number of hydrogen-bond acceptors (Lipinski definition) is 1. The summed E-state index contributed by atoms with van der Waals surface area (Å²) in [5, 5.41) is 0. The van der Waals surface area contributed by atoms with Crippen LogP contribution in [0.15, 0.2) is 24.3 Å². The van der Waals surface area contributed by atoms with Crippen LogP contribution < -0.4 is 4.74 Å². The molecular weight excluding hydrogens is 172 g/mol. The van der Waals surface area contributed by atoms with Gasteiger partial charge in [-0.05, 0) is 29.9 Å². The first-order valence-corrected chi connectivity index (χ1v) is 5.31. The van der Waals surface area contributed by atoms with E-state index in [4.69, 9.17) is 4.74 Å². The van der Waals surface area contributed by atoms with Crippen LogP contribution in [0, 0.1) is 0 Å². The maximum atomic E-state index is 5.40. The molecule has 0 heterocycles. The van der Waals surface area contributed by atoms with Gasteiger partial charge in [0.05, 0.1) is 7.11 Å². The lowest BCUT2D eigenvalue weighted by Gasteiger charge is -2.28. The molecule has 0 aliphatic heterocycles. The van der Waals surface area contributed by atoms with E-state index in [0.29, 0.717) is 0 Å². The van der Waals surface area contributed by atoms with Gasteiger partial charge in [0.15, 0.2) is 0 Å². The highest BCUT2D eigenvalue weighted by atomic mass is 16.5. The summed E-state index contributed by atoms with van der Waals surface area (Å²) >= 11 is 0. The van der Waals surface area contributed by atoms with Gasteiger partial charge in [-0.3, -0.25) is 0 Å². The summed E-state index contributed by atoms with van der Waals surface area (Å²) in [6, 6.07) is 8.32. The highest BCUT2D eigenvalue weighted by molar-refractivity contribution is 5.39. The van der Waals surface area contributed by atoms with Crippen molar-refractivity contribution in [3.63, 3.8) is 0 Å². The van der Waals surface area contributed by atoms with Crippen LogP contribution in [-0.4, -0.2) is 7.11 Å². The molecular formula is C13H20O. The monoisotopic (exact) mass is 192 g/mol. The van der Waals surface area contributed by atoms with Crippen molar-refractivity contribution < 1.29 is 4.74 Å². The van der Waals surface area contributed by atoms with Crippen molar-refractivity contribution in [2.45, 2.75) is 39.0 Å². The van der Waals surface area contributed by atoms with Crippen LogP contribution in [0.1, 0.15) is 39.2 Å². The van der Waals surface area contributed by atoms with Crippen molar-refractivity contribution in [3.8, 4) is 5.75 Å². The van der Waals surface area contributed by atoms with Gasteiger partial charge in [-0.15, -0.1) is 0 Å². The average Bonchev–Trinajstić information content (AvgIpc) is 2.28. The van der Waals surface area contributed by atoms with E-state index < -0.39 is 0 Å². The fourth-order valence-electron chi connectivity index (χ4n) is 1.77. The maximum Gasteiger partial charge on any atom is 0.122 e. The summed E-state index contributed by atoms with van der Waals surface area (Å²) in [6.07, 6.45) is 2.29. The van der Waals surface area contributed by atoms with Crippen LogP contribution >= 0.6 is 0 Å². The molecule has 0 aliphatic carbocycles. The fourth-order valence-corrected chi connectivity index (χ4v) is 1.77. The standard InChI is InChI=1S/C13H20O/c1-5-13(3,6-2)11-9-7-8-10-12(11)14-4/h7-10H,5-6H2,1-4H3. The van der Waals surface area contributed by atoms with Crippen molar-refractivity contribution in [2.24, 2.45) is 0 Å². The summed E-state index contributed by atoms with van der Waals surface area (Å²) in [4.78, 5) is 0. The summed E-state index contributed by atoms with van der Waals surface area (Å²) in [5.41, 5.74) is 1.57. The van der Waals surface area contributed by atoms with Crippen LogP contribution in [0.4, 0.5) is 0 Å². The average molecular weight is 192 g/mol. The van der Waals surface area contributed by atoms with Crippen molar-refractivity contribution in [1.29, 1.82) is 0 Å². The van der Waals surface area contributed by atoms with E-state index in [1.54, 1.807) is 7.11 Å². The van der Waals surface area contributed by atoms with Gasteiger partial charge in [-0.25, -0.2) is 0 Å². The Morgan fingerprint density at radius 1 is 1.14 bits per heavy atom. The van der Waals surface area contributed by atoms with Crippen molar-refractivity contribution in [1.82, 2.24) is 0 Å². The molecule has 1 heteroatoms. The predicted molar refractivity (Wildman–Crippen MR) is 60.9 cm³/mol. The van der Waals surface area contributed by atoms with E-state index in [1.807, 2.05) is 12.1 Å². The highest BCUT2D eigenvalue weighted by Crippen LogP contribution is 2.36. The van der Waals surface area contributed by atoms with Crippen molar-refractivity contribution >= 4 is 0 Å². The van der Waals surface area contributed by atoms with Crippen LogP contribution in [0.25, 0.3) is 0 Å². The van der Waals surface area contributed by atoms with E-state index in [2.05, 4.69) is 32.9 Å². The zero-order chi connectivity index (χ0) is 10.6. The first kappa shape index (κ1) is 11.1. The number of benzene rings is 1. The van der Waals surface area contributed by atoms with Gasteiger partial charge in [0.1, 0.15) is 5.75 Å². The van der Waals surface area contributed by atoms with Crippen LogP contribution in [0.5, 0.6) is 5.75 Å². The second-order valence-electron chi connectivity index (χ2n) is 3.97. The Balaban J connectivity index is 3.15. The molecule has 1 aromatic rings. The summed E-state index contributed by atoms with van der Waals surface area (Å²) in [5.74, 6) is 1.01. The lowest BCUT2D eigenvalue weighted by molar-refractivity contribution is 0.373. The Labute approximate surface area is 87.1 Å². The molecule has 0 atom stereocenters. The number of ether oxygens (including phenoxy) is 1. The van der Waals surface area contributed by atoms with Gasteiger partial charge in [0, 0.05) is 0 Å². The molecule has 78 valence electrons. The number of rotatable bonds is 4. The Kier molecular flexibility index (Phi) is 3.56. The molecule has 0 bridgehead atoms. The predicted octanol–water partition coefficient (Wildman–Crippen LogP) is 3.77. The fraction of sp³-hybridized carbons (Fsp3) is 0.538. The zero-order valence-corrected chi connectivity index (χ0v) is 9.63. The minimum atomic E-state index is 0.243. The van der Waals surface area contributed by atoms with Gasteiger partial charge in [0.2, 0.25) is 0 Å². The Morgan fingerprint density at radius 2 is 1.71 bits per heavy atom. The van der Waals surface area contributed by atoms with E-state index in [0.717, 1.165) is 18.6 Å². The van der Waals surface area contributed by atoms with Gasteiger partial charge < -0.3 is 4.74 Å². The minimum Gasteiger partial charge on any atom is -0.496 e. The van der Waals surface area contributed by atoms with Gasteiger partial charge in [-0.2, -0.15) is 0 Å².